The largest absolute Gasteiger partial charge is 0.309 e. The molecule has 298 valence electrons. The lowest BCUT2D eigenvalue weighted by Crippen LogP contribution is -2.02. The molecule has 0 aliphatic carbocycles. The van der Waals surface area contributed by atoms with E-state index >= 15 is 0 Å². The molecule has 0 unspecified atom stereocenters. The van der Waals surface area contributed by atoms with Gasteiger partial charge in [-0.1, -0.05) is 170 Å². The maximum Gasteiger partial charge on any atom is 0.194 e. The Morgan fingerprint density at radius 1 is 0.328 bits per heavy atom. The molecule has 0 radical (unpaired) electrons. The van der Waals surface area contributed by atoms with Crippen LogP contribution in [0.3, 0.4) is 0 Å². The number of hydrogen-bond acceptors (Lipinski definition) is 2. The SMILES string of the molecule is [C-]#[N+]c1ccccc1-c1ccc2c(c1)c1ccccc1n2-c1ccc(-c2cc(-c3ccccc3)nc(-c3ccccc3)n2)cc1-c1ccccc1-n1c2ccccc2c2ccccc21. The highest BCUT2D eigenvalue weighted by Gasteiger charge is 2.22. The fourth-order valence-corrected chi connectivity index (χ4v) is 9.47. The molecule has 0 spiro atoms. The standard InChI is InChI=1S/C59H37N5/c1-60-50-27-13-8-22-43(50)41-32-34-57-48(36-41)46-25-11-17-31-56(46)64(57)58-35-33-42(52-38-51(39-18-4-2-5-19-39)61-59(62-52)40-20-6-3-7-21-40)37-49(58)47-26-12-16-30-55(47)63-53-28-14-9-23-44(53)45-24-10-15-29-54(45)63/h2-38H. The lowest BCUT2D eigenvalue weighted by molar-refractivity contribution is 1.16. The van der Waals surface area contributed by atoms with Crippen molar-refractivity contribution >= 4 is 49.3 Å². The van der Waals surface area contributed by atoms with Gasteiger partial charge < -0.3 is 9.13 Å². The molecule has 5 nitrogen and oxygen atoms in total. The number of rotatable bonds is 7. The fraction of sp³-hybridized carbons (Fsp3) is 0. The second kappa shape index (κ2) is 15.3. The number of fused-ring (bicyclic) bond motifs is 6. The van der Waals surface area contributed by atoms with E-state index in [1.54, 1.807) is 0 Å². The van der Waals surface area contributed by atoms with Crippen molar-refractivity contribution < 1.29 is 0 Å². The minimum atomic E-state index is 0.640. The molecule has 12 rings (SSSR count). The van der Waals surface area contributed by atoms with Gasteiger partial charge in [-0.05, 0) is 65.7 Å². The monoisotopic (exact) mass is 815 g/mol. The molecular weight excluding hydrogens is 779 g/mol. The maximum absolute atomic E-state index is 7.91. The van der Waals surface area contributed by atoms with Crippen LogP contribution in [0.4, 0.5) is 5.69 Å². The zero-order chi connectivity index (χ0) is 42.6. The molecule has 0 atom stereocenters. The van der Waals surface area contributed by atoms with Crippen LogP contribution in [0.1, 0.15) is 0 Å². The van der Waals surface area contributed by atoms with Gasteiger partial charge in [0, 0.05) is 49.4 Å². The quantitative estimate of drug-likeness (QED) is 0.150. The van der Waals surface area contributed by atoms with E-state index in [0.29, 0.717) is 11.5 Å². The summed E-state index contributed by atoms with van der Waals surface area (Å²) >= 11 is 0. The van der Waals surface area contributed by atoms with Crippen LogP contribution >= 0.6 is 0 Å². The molecule has 0 fully saturated rings. The Morgan fingerprint density at radius 3 is 1.47 bits per heavy atom. The minimum absolute atomic E-state index is 0.640. The van der Waals surface area contributed by atoms with E-state index in [-0.39, 0.29) is 0 Å². The lowest BCUT2D eigenvalue weighted by atomic mass is 9.96. The molecule has 0 aliphatic rings. The third-order valence-corrected chi connectivity index (χ3v) is 12.4. The summed E-state index contributed by atoms with van der Waals surface area (Å²) < 4.78 is 4.82. The Morgan fingerprint density at radius 2 is 0.812 bits per heavy atom. The topological polar surface area (TPSA) is 40.0 Å². The van der Waals surface area contributed by atoms with Gasteiger partial charge in [0.05, 0.1) is 51.4 Å². The molecule has 9 aromatic carbocycles. The highest BCUT2D eigenvalue weighted by Crippen LogP contribution is 2.43. The molecule has 5 heteroatoms. The Balaban J connectivity index is 1.15. The van der Waals surface area contributed by atoms with Crippen molar-refractivity contribution in [2.24, 2.45) is 0 Å². The normalized spacial score (nSPS) is 11.4. The second-order valence-electron chi connectivity index (χ2n) is 16.0. The van der Waals surface area contributed by atoms with Crippen LogP contribution in [0.5, 0.6) is 0 Å². The lowest BCUT2D eigenvalue weighted by Gasteiger charge is -2.20. The Hall–Kier alpha value is -8.85. The molecule has 0 saturated carbocycles. The molecule has 64 heavy (non-hydrogen) atoms. The Bertz CT molecular complexity index is 3690. The van der Waals surface area contributed by atoms with Gasteiger partial charge in [-0.2, -0.15) is 0 Å². The molecule has 0 amide bonds. The van der Waals surface area contributed by atoms with Crippen LogP contribution in [0.15, 0.2) is 224 Å². The van der Waals surface area contributed by atoms with Gasteiger partial charge in [0.15, 0.2) is 11.5 Å². The minimum Gasteiger partial charge on any atom is -0.309 e. The fourth-order valence-electron chi connectivity index (χ4n) is 9.47. The van der Waals surface area contributed by atoms with Crippen LogP contribution in [0.25, 0.3) is 116 Å². The zero-order valence-corrected chi connectivity index (χ0v) is 34.6. The zero-order valence-electron chi connectivity index (χ0n) is 34.6. The number of benzene rings is 9. The first-order valence-corrected chi connectivity index (χ1v) is 21.4. The van der Waals surface area contributed by atoms with Crippen LogP contribution in [0, 0.1) is 6.57 Å². The predicted molar refractivity (Wildman–Crippen MR) is 264 cm³/mol. The van der Waals surface area contributed by atoms with Crippen LogP contribution in [-0.4, -0.2) is 19.1 Å². The summed E-state index contributed by atoms with van der Waals surface area (Å²) in [7, 11) is 0. The average molecular weight is 816 g/mol. The highest BCUT2D eigenvalue weighted by molar-refractivity contribution is 6.12. The number of nitrogens with zero attached hydrogens (tertiary/aromatic N) is 5. The smallest absolute Gasteiger partial charge is 0.194 e. The van der Waals surface area contributed by atoms with E-state index in [9.17, 15) is 0 Å². The molecule has 12 aromatic rings. The van der Waals surface area contributed by atoms with Crippen molar-refractivity contribution in [2.75, 3.05) is 0 Å². The van der Waals surface area contributed by atoms with E-state index in [1.807, 2.05) is 48.5 Å². The van der Waals surface area contributed by atoms with Crippen molar-refractivity contribution in [1.82, 2.24) is 19.1 Å². The number of aromatic nitrogens is 4. The summed E-state index contributed by atoms with van der Waals surface area (Å²) in [4.78, 5) is 14.3. The molecule has 0 saturated heterocycles. The van der Waals surface area contributed by atoms with E-state index in [2.05, 4.69) is 190 Å². The summed E-state index contributed by atoms with van der Waals surface area (Å²) in [6, 6.07) is 78.7. The first kappa shape index (κ1) is 37.0. The first-order valence-electron chi connectivity index (χ1n) is 21.4. The van der Waals surface area contributed by atoms with Crippen LogP contribution in [-0.2, 0) is 0 Å². The molecule has 0 aliphatic heterocycles. The van der Waals surface area contributed by atoms with Gasteiger partial charge in [-0.15, -0.1) is 0 Å². The average Bonchev–Trinajstić information content (AvgIpc) is 3.89. The number of hydrogen-bond donors (Lipinski definition) is 0. The summed E-state index contributed by atoms with van der Waals surface area (Å²) in [5.41, 5.74) is 16.0. The van der Waals surface area contributed by atoms with Crippen molar-refractivity contribution in [3.8, 4) is 67.5 Å². The molecule has 3 aromatic heterocycles. The van der Waals surface area contributed by atoms with Gasteiger partial charge in [-0.25, -0.2) is 14.8 Å². The van der Waals surface area contributed by atoms with Gasteiger partial charge in [0.2, 0.25) is 0 Å². The summed E-state index contributed by atoms with van der Waals surface area (Å²) in [5, 5.41) is 4.68. The van der Waals surface area contributed by atoms with Crippen molar-refractivity contribution in [2.45, 2.75) is 0 Å². The van der Waals surface area contributed by atoms with E-state index in [1.165, 1.54) is 10.8 Å². The van der Waals surface area contributed by atoms with E-state index < -0.39 is 0 Å². The number of para-hydroxylation sites is 5. The van der Waals surface area contributed by atoms with Crippen molar-refractivity contribution in [1.29, 1.82) is 0 Å². The van der Waals surface area contributed by atoms with Crippen molar-refractivity contribution in [3.63, 3.8) is 0 Å². The molecular formula is C59H37N5. The Labute approximate surface area is 370 Å². The molecule has 0 bridgehead atoms. The van der Waals surface area contributed by atoms with Crippen molar-refractivity contribution in [3.05, 3.63) is 236 Å². The predicted octanol–water partition coefficient (Wildman–Crippen LogP) is 15.6. The third kappa shape index (κ3) is 6.08. The molecule has 0 N–H and O–H groups in total. The first-order chi connectivity index (χ1) is 31.7. The third-order valence-electron chi connectivity index (χ3n) is 12.4. The molecule has 3 heterocycles. The van der Waals surface area contributed by atoms with E-state index in [4.69, 9.17) is 16.5 Å². The van der Waals surface area contributed by atoms with Gasteiger partial charge in [-0.3, -0.25) is 0 Å². The van der Waals surface area contributed by atoms with E-state index in [0.717, 1.165) is 94.5 Å². The maximum atomic E-state index is 7.91. The van der Waals surface area contributed by atoms with Crippen LogP contribution < -0.4 is 0 Å². The van der Waals surface area contributed by atoms with Crippen LogP contribution in [0.2, 0.25) is 0 Å². The summed E-state index contributed by atoms with van der Waals surface area (Å²) in [5.74, 6) is 0.672. The second-order valence-corrected chi connectivity index (χ2v) is 16.0. The highest BCUT2D eigenvalue weighted by atomic mass is 15.0. The summed E-state index contributed by atoms with van der Waals surface area (Å²) in [6.07, 6.45) is 0. The van der Waals surface area contributed by atoms with Gasteiger partial charge in [0.1, 0.15) is 0 Å². The van der Waals surface area contributed by atoms with Gasteiger partial charge in [0.25, 0.3) is 0 Å². The Kier molecular flexibility index (Phi) is 8.81. The summed E-state index contributed by atoms with van der Waals surface area (Å²) in [6.45, 7) is 7.91. The van der Waals surface area contributed by atoms with Gasteiger partial charge >= 0.3 is 0 Å².